The fraction of sp³-hybridized carbons (Fsp3) is 0.250. The Bertz CT molecular complexity index is 310. The smallest absolute Gasteiger partial charge is 0.416 e. The molecule has 0 unspecified atom stereocenters. The van der Waals surface area contributed by atoms with Gasteiger partial charge in [0, 0.05) is 0 Å². The second-order valence-electron chi connectivity index (χ2n) is 2.79. The molecule has 0 fully saturated rings. The summed E-state index contributed by atoms with van der Waals surface area (Å²) >= 11 is 0. The molecule has 0 aliphatic carbocycles. The van der Waals surface area contributed by atoms with Gasteiger partial charge in [-0.1, -0.05) is 12.1 Å². The summed E-state index contributed by atoms with van der Waals surface area (Å²) in [7, 11) is -2.42. The largest absolute Gasteiger partial charge is 0.871 e. The van der Waals surface area contributed by atoms with Crippen LogP contribution in [0.4, 0.5) is 13.2 Å². The summed E-state index contributed by atoms with van der Waals surface area (Å²) < 4.78 is 40.5. The first kappa shape index (κ1) is 12.0. The molecule has 0 spiro atoms. The molecule has 0 radical (unpaired) electrons. The maximum Gasteiger partial charge on any atom is 0.416 e. The van der Waals surface area contributed by atoms with Crippen LogP contribution in [0.5, 0.6) is 0 Å². The summed E-state index contributed by atoms with van der Waals surface area (Å²) in [5.41, 5.74) is -0.438. The maximum absolute atomic E-state index is 12.1. The molecule has 1 aromatic rings. The number of halogens is 3. The zero-order valence-corrected chi connectivity index (χ0v) is 7.45. The first-order valence-electron chi connectivity index (χ1n) is 3.99. The van der Waals surface area contributed by atoms with Gasteiger partial charge < -0.3 is 14.7 Å². The van der Waals surface area contributed by atoms with E-state index in [-0.39, 0.29) is 6.61 Å². The van der Waals surface area contributed by atoms with Crippen LogP contribution in [0.15, 0.2) is 24.3 Å². The van der Waals surface area contributed by atoms with Crippen LogP contribution in [0.1, 0.15) is 11.1 Å². The van der Waals surface area contributed by atoms with Crippen molar-refractivity contribution in [3.8, 4) is 0 Å². The first-order valence-corrected chi connectivity index (χ1v) is 3.99. The fourth-order valence-electron chi connectivity index (χ4n) is 0.954. The molecule has 82 valence electrons. The van der Waals surface area contributed by atoms with Crippen LogP contribution in [0, 0.1) is 0 Å². The maximum atomic E-state index is 12.1. The highest BCUT2D eigenvalue weighted by atomic mass is 19.4. The van der Waals surface area contributed by atoms with Crippen LogP contribution >= 0.6 is 0 Å². The highest BCUT2D eigenvalue weighted by molar-refractivity contribution is 6.28. The van der Waals surface area contributed by atoms with Crippen molar-refractivity contribution in [2.24, 2.45) is 0 Å². The van der Waals surface area contributed by atoms with Gasteiger partial charge in [-0.15, -0.1) is 0 Å². The van der Waals surface area contributed by atoms with E-state index in [9.17, 15) is 23.2 Å². The molecule has 1 rings (SSSR count). The van der Waals surface area contributed by atoms with E-state index in [1.165, 1.54) is 0 Å². The average Bonchev–Trinajstić information content (AvgIpc) is 2.14. The summed E-state index contributed by atoms with van der Waals surface area (Å²) in [6.45, 7) is -0.282. The Morgan fingerprint density at radius 1 is 1.13 bits per heavy atom. The second-order valence-corrected chi connectivity index (χ2v) is 2.79. The lowest BCUT2D eigenvalue weighted by Gasteiger charge is -2.25. The molecule has 0 saturated heterocycles. The minimum atomic E-state index is -4.39. The van der Waals surface area contributed by atoms with Gasteiger partial charge in [-0.3, -0.25) is 0 Å². The Balaban J connectivity index is 2.65. The summed E-state index contributed by atoms with van der Waals surface area (Å²) in [6.07, 6.45) is -4.39. The number of alkyl halides is 3. The van der Waals surface area contributed by atoms with Gasteiger partial charge in [0.15, 0.2) is 0 Å². The predicted octanol–water partition coefficient (Wildman–Crippen LogP) is -0.0725. The van der Waals surface area contributed by atoms with Crippen molar-refractivity contribution < 1.29 is 27.9 Å². The third kappa shape index (κ3) is 3.90. The lowest BCUT2D eigenvalue weighted by molar-refractivity contribution is -0.382. The van der Waals surface area contributed by atoms with Gasteiger partial charge in [0.25, 0.3) is 0 Å². The number of hydrogen-bond donors (Lipinski definition) is 0. The zero-order chi connectivity index (χ0) is 11.5. The van der Waals surface area contributed by atoms with Crippen molar-refractivity contribution in [3.63, 3.8) is 0 Å². The SMILES string of the molecule is [O-]B([O-])OCc1ccc(C(F)(F)F)cc1. The Kier molecular flexibility index (Phi) is 3.73. The Labute approximate surface area is 84.3 Å². The first-order chi connectivity index (χ1) is 6.89. The van der Waals surface area contributed by atoms with Crippen LogP contribution in [-0.4, -0.2) is 7.32 Å². The molecule has 0 amide bonds. The molecular weight excluding hydrogens is 212 g/mol. The van der Waals surface area contributed by atoms with E-state index in [4.69, 9.17) is 0 Å². The van der Waals surface area contributed by atoms with E-state index in [1.807, 2.05) is 0 Å². The Morgan fingerprint density at radius 2 is 1.67 bits per heavy atom. The predicted molar refractivity (Wildman–Crippen MR) is 42.0 cm³/mol. The van der Waals surface area contributed by atoms with Crippen molar-refractivity contribution in [2.75, 3.05) is 0 Å². The minimum absolute atomic E-state index is 0.282. The topological polar surface area (TPSA) is 55.3 Å². The van der Waals surface area contributed by atoms with E-state index >= 15 is 0 Å². The standard InChI is InChI=1S/C8H6BF3O3/c10-8(11,12)7-3-1-6(2-4-7)5-15-9(13)14/h1-4H,5H2/q-2. The normalized spacial score (nSPS) is 11.5. The van der Waals surface area contributed by atoms with E-state index in [1.54, 1.807) is 0 Å². The number of rotatable bonds is 3. The van der Waals surface area contributed by atoms with E-state index in [0.29, 0.717) is 5.56 Å². The van der Waals surface area contributed by atoms with Gasteiger partial charge >= 0.3 is 6.18 Å². The average molecular weight is 218 g/mol. The van der Waals surface area contributed by atoms with Crippen LogP contribution in [-0.2, 0) is 17.4 Å². The lowest BCUT2D eigenvalue weighted by atomic mass is 10.1. The molecule has 3 nitrogen and oxygen atoms in total. The fourth-order valence-corrected chi connectivity index (χ4v) is 0.954. The quantitative estimate of drug-likeness (QED) is 0.667. The van der Waals surface area contributed by atoms with Crippen molar-refractivity contribution in [2.45, 2.75) is 12.8 Å². The van der Waals surface area contributed by atoms with E-state index in [2.05, 4.69) is 4.65 Å². The summed E-state index contributed by atoms with van der Waals surface area (Å²) in [4.78, 5) is 0. The lowest BCUT2D eigenvalue weighted by Crippen LogP contribution is -2.47. The highest BCUT2D eigenvalue weighted by Gasteiger charge is 2.29. The Hall–Kier alpha value is -1.05. The molecule has 0 saturated carbocycles. The van der Waals surface area contributed by atoms with Gasteiger partial charge in [-0.25, -0.2) is 0 Å². The van der Waals surface area contributed by atoms with Crippen LogP contribution in [0.3, 0.4) is 0 Å². The second kappa shape index (κ2) is 4.65. The number of hydrogen-bond acceptors (Lipinski definition) is 3. The van der Waals surface area contributed by atoms with Gasteiger partial charge in [0.2, 0.25) is 0 Å². The van der Waals surface area contributed by atoms with Crippen molar-refractivity contribution in [3.05, 3.63) is 35.4 Å². The van der Waals surface area contributed by atoms with Gasteiger partial charge in [-0.05, 0) is 17.7 Å². The molecular formula is C8H6BF3O3-2. The molecule has 0 aliphatic heterocycles. The molecule has 15 heavy (non-hydrogen) atoms. The molecule has 1 aromatic carbocycles. The number of benzene rings is 1. The molecule has 0 aliphatic rings. The van der Waals surface area contributed by atoms with Crippen molar-refractivity contribution in [1.82, 2.24) is 0 Å². The van der Waals surface area contributed by atoms with E-state index in [0.717, 1.165) is 24.3 Å². The molecule has 7 heteroatoms. The highest BCUT2D eigenvalue weighted by Crippen LogP contribution is 2.29. The van der Waals surface area contributed by atoms with Crippen molar-refractivity contribution >= 4 is 7.32 Å². The summed E-state index contributed by atoms with van der Waals surface area (Å²) in [5.74, 6) is 0. The van der Waals surface area contributed by atoms with Crippen LogP contribution < -0.4 is 10.0 Å². The third-order valence-electron chi connectivity index (χ3n) is 1.67. The third-order valence-corrected chi connectivity index (χ3v) is 1.67. The van der Waals surface area contributed by atoms with Crippen LogP contribution in [0.2, 0.25) is 0 Å². The van der Waals surface area contributed by atoms with Gasteiger partial charge in [0.05, 0.1) is 19.5 Å². The monoisotopic (exact) mass is 218 g/mol. The Morgan fingerprint density at radius 3 is 2.07 bits per heavy atom. The molecule has 0 heterocycles. The molecule has 0 atom stereocenters. The van der Waals surface area contributed by atoms with Crippen LogP contribution in [0.25, 0.3) is 0 Å². The van der Waals surface area contributed by atoms with Crippen molar-refractivity contribution in [1.29, 1.82) is 0 Å². The zero-order valence-electron chi connectivity index (χ0n) is 7.45. The summed E-state index contributed by atoms with van der Waals surface area (Å²) in [6, 6.07) is 4.04. The molecule has 0 bridgehead atoms. The summed E-state index contributed by atoms with van der Waals surface area (Å²) in [5, 5.41) is 19.9. The molecule has 0 N–H and O–H groups in total. The van der Waals surface area contributed by atoms with Gasteiger partial charge in [-0.2, -0.15) is 13.2 Å². The molecule has 0 aromatic heterocycles. The van der Waals surface area contributed by atoms with E-state index < -0.39 is 19.1 Å². The minimum Gasteiger partial charge on any atom is -0.871 e. The van der Waals surface area contributed by atoms with Gasteiger partial charge in [0.1, 0.15) is 0 Å².